The molecule has 0 aliphatic heterocycles. The molecule has 0 radical (unpaired) electrons. The highest BCUT2D eigenvalue weighted by Crippen LogP contribution is 2.20. The maximum Gasteiger partial charge on any atom is 0.305 e. The average molecular weight is 470 g/mol. The Kier molecular flexibility index (Phi) is 11.0. The quantitative estimate of drug-likeness (QED) is 0.255. The molecule has 2 amide bonds. The molecule has 0 atom stereocenters. The number of nitrogens with one attached hydrogen (secondary N) is 3. The Morgan fingerprint density at radius 2 is 1.70 bits per heavy atom. The van der Waals surface area contributed by atoms with Crippen LogP contribution in [-0.4, -0.2) is 29.5 Å². The van der Waals surface area contributed by atoms with Crippen LogP contribution in [0.3, 0.4) is 0 Å². The lowest BCUT2D eigenvalue weighted by Gasteiger charge is -2.13. The highest BCUT2D eigenvalue weighted by atomic mass is 32.1. The van der Waals surface area contributed by atoms with Crippen LogP contribution in [0.5, 0.6) is 0 Å². The van der Waals surface area contributed by atoms with Crippen molar-refractivity contribution in [3.8, 4) is 0 Å². The van der Waals surface area contributed by atoms with E-state index in [9.17, 15) is 14.4 Å². The number of hydrogen-bond acceptors (Lipinski definition) is 5. The van der Waals surface area contributed by atoms with Crippen molar-refractivity contribution >= 4 is 46.5 Å². The summed E-state index contributed by atoms with van der Waals surface area (Å²) in [6.45, 7) is 4.04. The van der Waals surface area contributed by atoms with E-state index in [1.54, 1.807) is 13.0 Å². The molecule has 0 fully saturated rings. The Morgan fingerprint density at radius 1 is 0.939 bits per heavy atom. The summed E-state index contributed by atoms with van der Waals surface area (Å²) < 4.78 is 5.22. The Morgan fingerprint density at radius 3 is 2.42 bits per heavy atom. The molecule has 0 bridgehead atoms. The van der Waals surface area contributed by atoms with Gasteiger partial charge in [-0.05, 0) is 61.7 Å². The van der Waals surface area contributed by atoms with Gasteiger partial charge >= 0.3 is 5.97 Å². The topological polar surface area (TPSA) is 96.5 Å². The fraction of sp³-hybridized carbons (Fsp3) is 0.360. The zero-order valence-electron chi connectivity index (χ0n) is 19.1. The summed E-state index contributed by atoms with van der Waals surface area (Å²) in [7, 11) is 0. The van der Waals surface area contributed by atoms with Crippen molar-refractivity contribution in [3.05, 3.63) is 59.7 Å². The number of benzene rings is 2. The predicted molar refractivity (Wildman–Crippen MR) is 134 cm³/mol. The van der Waals surface area contributed by atoms with E-state index in [4.69, 9.17) is 17.0 Å². The smallest absolute Gasteiger partial charge is 0.305 e. The Hall–Kier alpha value is -3.26. The van der Waals surface area contributed by atoms with E-state index >= 15 is 0 Å². The lowest BCUT2D eigenvalue weighted by atomic mass is 10.1. The summed E-state index contributed by atoms with van der Waals surface area (Å²) in [5.41, 5.74) is 3.46. The first-order valence-corrected chi connectivity index (χ1v) is 11.5. The second-order valence-corrected chi connectivity index (χ2v) is 8.01. The highest BCUT2D eigenvalue weighted by Gasteiger charge is 2.09. The third kappa shape index (κ3) is 10.3. The molecule has 0 aliphatic carbocycles. The molecule has 2 aromatic carbocycles. The lowest BCUT2D eigenvalue weighted by molar-refractivity contribution is -0.143. The number of carbonyl (C=O) groups is 3. The molecular weight excluding hydrogens is 438 g/mol. The minimum absolute atomic E-state index is 0.0825. The molecule has 8 heteroatoms. The van der Waals surface area contributed by atoms with Gasteiger partial charge in [-0.25, -0.2) is 0 Å². The van der Waals surface area contributed by atoms with Crippen molar-refractivity contribution in [2.75, 3.05) is 17.2 Å². The first-order valence-electron chi connectivity index (χ1n) is 11.1. The number of rotatable bonds is 11. The molecule has 7 nitrogen and oxygen atoms in total. The van der Waals surface area contributed by atoms with Crippen LogP contribution in [0.25, 0.3) is 0 Å². The number of aryl methyl sites for hydroxylation is 2. The number of hydrogen-bond donors (Lipinski definition) is 3. The van der Waals surface area contributed by atoms with Gasteiger partial charge < -0.3 is 20.7 Å². The normalized spacial score (nSPS) is 10.2. The van der Waals surface area contributed by atoms with Gasteiger partial charge in [-0.3, -0.25) is 14.4 Å². The zero-order chi connectivity index (χ0) is 24.1. The van der Waals surface area contributed by atoms with Gasteiger partial charge in [0.25, 0.3) is 0 Å². The molecule has 2 aromatic rings. The van der Waals surface area contributed by atoms with Crippen molar-refractivity contribution in [3.63, 3.8) is 0 Å². The van der Waals surface area contributed by atoms with Gasteiger partial charge in [-0.15, -0.1) is 0 Å². The molecule has 3 N–H and O–H groups in total. The Balaban J connectivity index is 1.63. The lowest BCUT2D eigenvalue weighted by Crippen LogP contribution is -2.34. The minimum Gasteiger partial charge on any atom is -0.466 e. The molecule has 0 unspecified atom stereocenters. The second-order valence-electron chi connectivity index (χ2n) is 7.60. The van der Waals surface area contributed by atoms with Gasteiger partial charge in [-0.2, -0.15) is 0 Å². The van der Waals surface area contributed by atoms with Crippen molar-refractivity contribution < 1.29 is 19.1 Å². The SMILES string of the molecule is CCC(=O)Nc1cc(NC(=S)NC(=O)CCCC(=O)OCCCc2ccccc2)ccc1C. The molecular formula is C25H31N3O4S. The van der Waals surface area contributed by atoms with Crippen molar-refractivity contribution in [2.45, 2.75) is 52.4 Å². The number of anilines is 2. The van der Waals surface area contributed by atoms with Crippen LogP contribution in [0.2, 0.25) is 0 Å². The van der Waals surface area contributed by atoms with Crippen molar-refractivity contribution in [1.82, 2.24) is 5.32 Å². The van der Waals surface area contributed by atoms with Crippen LogP contribution >= 0.6 is 12.2 Å². The first-order chi connectivity index (χ1) is 15.9. The minimum atomic E-state index is -0.308. The largest absolute Gasteiger partial charge is 0.466 e. The van der Waals surface area contributed by atoms with Gasteiger partial charge in [0.2, 0.25) is 11.8 Å². The molecule has 0 saturated carbocycles. The molecule has 0 aliphatic rings. The molecule has 0 saturated heterocycles. The summed E-state index contributed by atoms with van der Waals surface area (Å²) in [5.74, 6) is -0.672. The predicted octanol–water partition coefficient (Wildman–Crippen LogP) is 4.50. The van der Waals surface area contributed by atoms with E-state index in [-0.39, 0.29) is 35.7 Å². The van der Waals surface area contributed by atoms with E-state index in [1.807, 2.05) is 49.4 Å². The van der Waals surface area contributed by atoms with E-state index < -0.39 is 0 Å². The number of carbonyl (C=O) groups excluding carboxylic acids is 3. The van der Waals surface area contributed by atoms with Gasteiger partial charge in [-0.1, -0.05) is 43.3 Å². The van der Waals surface area contributed by atoms with Crippen LogP contribution < -0.4 is 16.0 Å². The third-order valence-corrected chi connectivity index (χ3v) is 5.05. The van der Waals surface area contributed by atoms with Crippen molar-refractivity contribution in [1.29, 1.82) is 0 Å². The second kappa shape index (κ2) is 14.0. The van der Waals surface area contributed by atoms with Crippen LogP contribution in [-0.2, 0) is 25.5 Å². The average Bonchev–Trinajstić information content (AvgIpc) is 2.79. The van der Waals surface area contributed by atoms with Gasteiger partial charge in [0, 0.05) is 30.6 Å². The van der Waals surface area contributed by atoms with E-state index in [0.717, 1.165) is 18.4 Å². The highest BCUT2D eigenvalue weighted by molar-refractivity contribution is 7.80. The van der Waals surface area contributed by atoms with Crippen LogP contribution in [0.1, 0.15) is 50.2 Å². The monoisotopic (exact) mass is 469 g/mol. The summed E-state index contributed by atoms with van der Waals surface area (Å²) >= 11 is 5.19. The summed E-state index contributed by atoms with van der Waals surface area (Å²) in [5, 5.41) is 8.51. The molecule has 2 rings (SSSR count). The standard InChI is InChI=1S/C25H31N3O4S/c1-3-22(29)27-21-17-20(15-14-18(21)2)26-25(33)28-23(30)12-7-13-24(31)32-16-8-11-19-9-5-4-6-10-19/h4-6,9-10,14-15,17H,3,7-8,11-13,16H2,1-2H3,(H,27,29)(H2,26,28,30,33). The number of thiocarbonyl (C=S) groups is 1. The summed E-state index contributed by atoms with van der Waals surface area (Å²) in [6.07, 6.45) is 2.72. The molecule has 0 aromatic heterocycles. The van der Waals surface area contributed by atoms with Crippen LogP contribution in [0, 0.1) is 6.92 Å². The maximum absolute atomic E-state index is 12.1. The maximum atomic E-state index is 12.1. The van der Waals surface area contributed by atoms with Gasteiger partial charge in [0.1, 0.15) is 0 Å². The molecule has 0 heterocycles. The van der Waals surface area contributed by atoms with Gasteiger partial charge in [0.15, 0.2) is 5.11 Å². The number of esters is 1. The van der Waals surface area contributed by atoms with Crippen LogP contribution in [0.15, 0.2) is 48.5 Å². The van der Waals surface area contributed by atoms with Crippen LogP contribution in [0.4, 0.5) is 11.4 Å². The van der Waals surface area contributed by atoms with E-state index in [2.05, 4.69) is 16.0 Å². The number of ether oxygens (including phenoxy) is 1. The van der Waals surface area contributed by atoms with Crippen molar-refractivity contribution in [2.24, 2.45) is 0 Å². The van der Waals surface area contributed by atoms with Gasteiger partial charge in [0.05, 0.1) is 6.61 Å². The Bertz CT molecular complexity index is 963. The fourth-order valence-corrected chi connectivity index (χ4v) is 3.23. The zero-order valence-corrected chi connectivity index (χ0v) is 19.9. The molecule has 176 valence electrons. The summed E-state index contributed by atoms with van der Waals surface area (Å²) in [4.78, 5) is 35.6. The fourth-order valence-electron chi connectivity index (χ4n) is 3.00. The molecule has 33 heavy (non-hydrogen) atoms. The van der Waals surface area contributed by atoms with E-state index in [0.29, 0.717) is 30.8 Å². The van der Waals surface area contributed by atoms with E-state index in [1.165, 1.54) is 5.56 Å². The third-order valence-electron chi connectivity index (χ3n) is 4.84. The molecule has 0 spiro atoms. The number of amides is 2. The Labute approximate surface area is 200 Å². The summed E-state index contributed by atoms with van der Waals surface area (Å²) in [6, 6.07) is 15.4. The first kappa shape index (κ1) is 26.0.